The number of anilines is 1. The van der Waals surface area contributed by atoms with Gasteiger partial charge in [0.15, 0.2) is 0 Å². The molecule has 0 radical (unpaired) electrons. The number of methoxy groups -OCH3 is 2. The van der Waals surface area contributed by atoms with Gasteiger partial charge in [0.2, 0.25) is 5.91 Å². The van der Waals surface area contributed by atoms with Crippen LogP contribution in [0.5, 0.6) is 5.75 Å². The van der Waals surface area contributed by atoms with Gasteiger partial charge in [-0.15, -0.1) is 0 Å². The maximum absolute atomic E-state index is 12.8. The summed E-state index contributed by atoms with van der Waals surface area (Å²) < 4.78 is 10.3. The Morgan fingerprint density at radius 3 is 2.45 bits per heavy atom. The normalized spacial score (nSPS) is 18.3. The Morgan fingerprint density at radius 1 is 1.12 bits per heavy atom. The van der Waals surface area contributed by atoms with Crippen molar-refractivity contribution in [2.45, 2.75) is 44.6 Å². The van der Waals surface area contributed by atoms with Crippen LogP contribution in [-0.4, -0.2) is 81.2 Å². The Balaban J connectivity index is 1.39. The Morgan fingerprint density at radius 2 is 1.82 bits per heavy atom. The standard InChI is InChI=1S/C24H37ClN4O4/c1-32-13-3-4-23(30)29-11-5-17(6-12-29)16-28-9-7-18(8-10-28)27-24(31)19-14-20(25)21(26)15-22(19)33-2/h14-15,17-18H,3-13,16,26H2,1-2H3,(H,27,31). The first-order valence-electron chi connectivity index (χ1n) is 11.8. The zero-order chi connectivity index (χ0) is 23.8. The molecule has 0 saturated carbocycles. The topological polar surface area (TPSA) is 97.1 Å². The minimum atomic E-state index is -0.185. The SMILES string of the molecule is COCCCC(=O)N1CCC(CN2CCC(NC(=O)c3cc(Cl)c(N)cc3OC)CC2)CC1. The lowest BCUT2D eigenvalue weighted by Gasteiger charge is -2.38. The minimum Gasteiger partial charge on any atom is -0.496 e. The number of amides is 2. The lowest BCUT2D eigenvalue weighted by Crippen LogP contribution is -2.47. The number of nitrogens with one attached hydrogen (secondary N) is 1. The first-order chi connectivity index (χ1) is 15.9. The van der Waals surface area contributed by atoms with E-state index in [0.29, 0.717) is 41.0 Å². The maximum Gasteiger partial charge on any atom is 0.255 e. The van der Waals surface area contributed by atoms with Gasteiger partial charge >= 0.3 is 0 Å². The van der Waals surface area contributed by atoms with Crippen molar-refractivity contribution in [3.05, 3.63) is 22.7 Å². The number of nitrogens with zero attached hydrogens (tertiary/aromatic N) is 2. The number of ether oxygens (including phenoxy) is 2. The monoisotopic (exact) mass is 480 g/mol. The molecule has 0 bridgehead atoms. The second-order valence-electron chi connectivity index (χ2n) is 9.04. The highest BCUT2D eigenvalue weighted by Gasteiger charge is 2.27. The van der Waals surface area contributed by atoms with Gasteiger partial charge in [-0.3, -0.25) is 9.59 Å². The Bertz CT molecular complexity index is 806. The Labute approximate surface area is 201 Å². The molecule has 8 nitrogen and oxygen atoms in total. The van der Waals surface area contributed by atoms with Crippen LogP contribution in [0.4, 0.5) is 5.69 Å². The third kappa shape index (κ3) is 7.22. The Kier molecular flexibility index (Phi) is 9.64. The number of piperidine rings is 2. The number of nitrogen functional groups attached to an aromatic ring is 1. The van der Waals surface area contributed by atoms with E-state index in [2.05, 4.69) is 10.2 Å². The van der Waals surface area contributed by atoms with Crippen molar-refractivity contribution in [2.75, 3.05) is 59.3 Å². The molecule has 33 heavy (non-hydrogen) atoms. The van der Waals surface area contributed by atoms with Crippen molar-refractivity contribution < 1.29 is 19.1 Å². The van der Waals surface area contributed by atoms with E-state index < -0.39 is 0 Å². The van der Waals surface area contributed by atoms with Crippen molar-refractivity contribution in [1.29, 1.82) is 0 Å². The third-order valence-electron chi connectivity index (χ3n) is 6.71. The summed E-state index contributed by atoms with van der Waals surface area (Å²) in [6.45, 7) is 5.33. The quantitative estimate of drug-likeness (QED) is 0.416. The molecule has 0 aliphatic carbocycles. The summed E-state index contributed by atoms with van der Waals surface area (Å²) in [5, 5.41) is 3.47. The van der Waals surface area contributed by atoms with Gasteiger partial charge in [0.05, 0.1) is 23.4 Å². The molecule has 0 spiro atoms. The molecule has 0 aromatic heterocycles. The molecule has 2 heterocycles. The molecule has 2 aliphatic rings. The minimum absolute atomic E-state index is 0.126. The van der Waals surface area contributed by atoms with Gasteiger partial charge in [0.25, 0.3) is 5.91 Å². The van der Waals surface area contributed by atoms with Crippen LogP contribution in [0.25, 0.3) is 0 Å². The van der Waals surface area contributed by atoms with Crippen molar-refractivity contribution in [2.24, 2.45) is 5.92 Å². The van der Waals surface area contributed by atoms with E-state index in [1.54, 1.807) is 19.2 Å². The van der Waals surface area contributed by atoms with Gasteiger partial charge in [-0.05, 0) is 44.1 Å². The zero-order valence-electron chi connectivity index (χ0n) is 19.8. The number of benzene rings is 1. The number of hydrogen-bond donors (Lipinski definition) is 2. The number of halogens is 1. The first-order valence-corrected chi connectivity index (χ1v) is 12.2. The van der Waals surface area contributed by atoms with Gasteiger partial charge < -0.3 is 30.3 Å². The average Bonchev–Trinajstić information content (AvgIpc) is 2.82. The van der Waals surface area contributed by atoms with Crippen LogP contribution in [0.1, 0.15) is 48.9 Å². The summed E-state index contributed by atoms with van der Waals surface area (Å²) in [6, 6.07) is 3.27. The molecule has 9 heteroatoms. The van der Waals surface area contributed by atoms with E-state index in [9.17, 15) is 9.59 Å². The van der Waals surface area contributed by atoms with Crippen LogP contribution in [-0.2, 0) is 9.53 Å². The fraction of sp³-hybridized carbons (Fsp3) is 0.667. The number of hydrogen-bond acceptors (Lipinski definition) is 6. The van der Waals surface area contributed by atoms with E-state index in [0.717, 1.165) is 64.8 Å². The third-order valence-corrected chi connectivity index (χ3v) is 7.04. The van der Waals surface area contributed by atoms with Gasteiger partial charge in [-0.1, -0.05) is 11.6 Å². The summed E-state index contributed by atoms with van der Waals surface area (Å²) in [4.78, 5) is 29.6. The van der Waals surface area contributed by atoms with Crippen molar-refractivity contribution in [1.82, 2.24) is 15.1 Å². The Hall–Kier alpha value is -2.03. The average molecular weight is 481 g/mol. The highest BCUT2D eigenvalue weighted by molar-refractivity contribution is 6.33. The predicted molar refractivity (Wildman–Crippen MR) is 130 cm³/mol. The molecule has 1 aromatic rings. The fourth-order valence-corrected chi connectivity index (χ4v) is 4.86. The molecule has 2 amide bonds. The number of carbonyl (C=O) groups is 2. The number of likely N-dealkylation sites (tertiary alicyclic amines) is 2. The predicted octanol–water partition coefficient (Wildman–Crippen LogP) is 2.79. The molecule has 2 fully saturated rings. The molecule has 0 unspecified atom stereocenters. The summed E-state index contributed by atoms with van der Waals surface area (Å²) in [5.41, 5.74) is 6.61. The molecule has 2 saturated heterocycles. The van der Waals surface area contributed by atoms with Crippen molar-refractivity contribution in [3.8, 4) is 5.75 Å². The number of rotatable bonds is 9. The van der Waals surface area contributed by atoms with Crippen molar-refractivity contribution in [3.63, 3.8) is 0 Å². The van der Waals surface area contributed by atoms with E-state index in [-0.39, 0.29) is 17.9 Å². The molecular formula is C24H37ClN4O4. The summed E-state index contributed by atoms with van der Waals surface area (Å²) in [7, 11) is 3.18. The van der Waals surface area contributed by atoms with Crippen LogP contribution in [0.3, 0.4) is 0 Å². The molecular weight excluding hydrogens is 444 g/mol. The van der Waals surface area contributed by atoms with Crippen molar-refractivity contribution >= 4 is 29.1 Å². The second kappa shape index (κ2) is 12.4. The second-order valence-corrected chi connectivity index (χ2v) is 9.45. The summed E-state index contributed by atoms with van der Waals surface area (Å²) >= 11 is 6.10. The van der Waals surface area contributed by atoms with E-state index in [1.165, 1.54) is 7.11 Å². The molecule has 3 rings (SSSR count). The zero-order valence-corrected chi connectivity index (χ0v) is 20.5. The maximum atomic E-state index is 12.8. The lowest BCUT2D eigenvalue weighted by molar-refractivity contribution is -0.133. The molecule has 2 aliphatic heterocycles. The number of nitrogens with two attached hydrogens (primary N) is 1. The summed E-state index contributed by atoms with van der Waals surface area (Å²) in [5.74, 6) is 1.12. The van der Waals surface area contributed by atoms with Crippen LogP contribution < -0.4 is 15.8 Å². The fourth-order valence-electron chi connectivity index (χ4n) is 4.69. The van der Waals surface area contributed by atoms with Gasteiger partial charge in [0, 0.05) is 65.0 Å². The van der Waals surface area contributed by atoms with Gasteiger partial charge in [-0.25, -0.2) is 0 Å². The van der Waals surface area contributed by atoms with E-state index in [4.69, 9.17) is 26.8 Å². The van der Waals surface area contributed by atoms with E-state index in [1.807, 2.05) is 4.90 Å². The van der Waals surface area contributed by atoms with Crippen LogP contribution in [0, 0.1) is 5.92 Å². The van der Waals surface area contributed by atoms with Crippen LogP contribution in [0.2, 0.25) is 5.02 Å². The highest BCUT2D eigenvalue weighted by atomic mass is 35.5. The number of carbonyl (C=O) groups excluding carboxylic acids is 2. The van der Waals surface area contributed by atoms with Gasteiger partial charge in [-0.2, -0.15) is 0 Å². The lowest BCUT2D eigenvalue weighted by atomic mass is 9.94. The van der Waals surface area contributed by atoms with E-state index >= 15 is 0 Å². The first kappa shape index (κ1) is 25.6. The molecule has 184 valence electrons. The van der Waals surface area contributed by atoms with Crippen LogP contribution in [0.15, 0.2) is 12.1 Å². The van der Waals surface area contributed by atoms with Crippen LogP contribution >= 0.6 is 11.6 Å². The highest BCUT2D eigenvalue weighted by Crippen LogP contribution is 2.29. The largest absolute Gasteiger partial charge is 0.496 e. The molecule has 3 N–H and O–H groups in total. The molecule has 0 atom stereocenters. The smallest absolute Gasteiger partial charge is 0.255 e. The van der Waals surface area contributed by atoms with Gasteiger partial charge in [0.1, 0.15) is 5.75 Å². The molecule has 1 aromatic carbocycles. The summed E-state index contributed by atoms with van der Waals surface area (Å²) in [6.07, 6.45) is 5.31.